The summed E-state index contributed by atoms with van der Waals surface area (Å²) < 4.78 is 32.2. The van der Waals surface area contributed by atoms with E-state index in [1.165, 1.54) is 19.2 Å². The summed E-state index contributed by atoms with van der Waals surface area (Å²) in [6.45, 7) is 0.646. The van der Waals surface area contributed by atoms with E-state index in [9.17, 15) is 13.2 Å². The van der Waals surface area contributed by atoms with E-state index in [1.54, 1.807) is 36.4 Å². The molecule has 0 bridgehead atoms. The summed E-state index contributed by atoms with van der Waals surface area (Å²) in [4.78, 5) is 16.5. The number of nitrogens with zero attached hydrogens (tertiary/aromatic N) is 1. The molecule has 0 saturated carbocycles. The van der Waals surface area contributed by atoms with Crippen LogP contribution in [0.25, 0.3) is 0 Å². The maximum absolute atomic E-state index is 12.3. The van der Waals surface area contributed by atoms with Crippen molar-refractivity contribution in [1.82, 2.24) is 4.72 Å². The van der Waals surface area contributed by atoms with Crippen LogP contribution in [0.2, 0.25) is 0 Å². The van der Waals surface area contributed by atoms with Gasteiger partial charge in [-0.15, -0.1) is 0 Å². The maximum atomic E-state index is 12.3. The highest BCUT2D eigenvalue weighted by atomic mass is 32.2. The van der Waals surface area contributed by atoms with Gasteiger partial charge in [-0.05, 0) is 48.9 Å². The number of benzene rings is 2. The molecule has 2 N–H and O–H groups in total. The molecule has 0 saturated heterocycles. The van der Waals surface area contributed by atoms with Gasteiger partial charge in [0.05, 0.1) is 12.0 Å². The van der Waals surface area contributed by atoms with Gasteiger partial charge in [-0.2, -0.15) is 0 Å². The van der Waals surface area contributed by atoms with Crippen LogP contribution in [-0.4, -0.2) is 33.8 Å². The van der Waals surface area contributed by atoms with E-state index in [2.05, 4.69) is 15.0 Å². The minimum absolute atomic E-state index is 0.117. The van der Waals surface area contributed by atoms with E-state index < -0.39 is 10.0 Å². The summed E-state index contributed by atoms with van der Waals surface area (Å²) in [7, 11) is -2.13. The molecule has 1 heterocycles. The van der Waals surface area contributed by atoms with Crippen molar-refractivity contribution in [2.24, 2.45) is 4.99 Å². The van der Waals surface area contributed by atoms with Crippen molar-refractivity contribution in [3.63, 3.8) is 0 Å². The quantitative estimate of drug-likeness (QED) is 0.841. The normalized spacial score (nSPS) is 13.8. The first kappa shape index (κ1) is 17.9. The zero-order valence-electron chi connectivity index (χ0n) is 14.2. The SMILES string of the molecule is COc1cccc(C(=O)Nc2ccc(S(=O)(=O)NC3=NCCC3)cc2)c1. The van der Waals surface area contributed by atoms with Crippen molar-refractivity contribution in [2.45, 2.75) is 17.7 Å². The minimum Gasteiger partial charge on any atom is -0.497 e. The lowest BCUT2D eigenvalue weighted by Gasteiger charge is -2.09. The number of ether oxygens (including phenoxy) is 1. The Balaban J connectivity index is 1.70. The molecular formula is C18H19N3O4S. The fourth-order valence-corrected chi connectivity index (χ4v) is 3.61. The molecule has 2 aromatic carbocycles. The Hall–Kier alpha value is -2.87. The first-order chi connectivity index (χ1) is 12.5. The minimum atomic E-state index is -3.66. The molecule has 26 heavy (non-hydrogen) atoms. The monoisotopic (exact) mass is 373 g/mol. The van der Waals surface area contributed by atoms with Crippen molar-refractivity contribution in [1.29, 1.82) is 0 Å². The standard InChI is InChI=1S/C18H19N3O4S/c1-25-15-5-2-4-13(12-15)18(22)20-14-7-9-16(10-8-14)26(23,24)21-17-6-3-11-19-17/h2,4-5,7-10,12H,3,6,11H2,1H3,(H,19,21)(H,20,22). The number of sulfonamides is 1. The Kier molecular flexibility index (Phi) is 5.22. The zero-order chi connectivity index (χ0) is 18.6. The largest absolute Gasteiger partial charge is 0.497 e. The lowest BCUT2D eigenvalue weighted by Crippen LogP contribution is -2.29. The summed E-state index contributed by atoms with van der Waals surface area (Å²) in [6.07, 6.45) is 1.49. The number of aliphatic imine (C=N–C) groups is 1. The molecule has 2 aromatic rings. The number of nitrogens with one attached hydrogen (secondary N) is 2. The fraction of sp³-hybridized carbons (Fsp3) is 0.222. The Labute approximate surface area is 152 Å². The Morgan fingerprint density at radius 1 is 1.15 bits per heavy atom. The molecule has 0 aliphatic carbocycles. The van der Waals surface area contributed by atoms with Crippen LogP contribution in [0, 0.1) is 0 Å². The number of amides is 1. The molecule has 0 atom stereocenters. The summed E-state index contributed by atoms with van der Waals surface area (Å²) in [5.74, 6) is 0.762. The Bertz CT molecular complexity index is 937. The lowest BCUT2D eigenvalue weighted by molar-refractivity contribution is 0.102. The number of carbonyl (C=O) groups excluding carboxylic acids is 1. The average Bonchev–Trinajstić information content (AvgIpc) is 3.14. The fourth-order valence-electron chi connectivity index (χ4n) is 2.52. The molecule has 1 aliphatic rings. The first-order valence-corrected chi connectivity index (χ1v) is 9.58. The number of rotatable bonds is 5. The van der Waals surface area contributed by atoms with E-state index in [-0.39, 0.29) is 10.8 Å². The zero-order valence-corrected chi connectivity index (χ0v) is 15.0. The van der Waals surface area contributed by atoms with E-state index in [0.29, 0.717) is 35.8 Å². The van der Waals surface area contributed by atoms with Crippen molar-refractivity contribution in [2.75, 3.05) is 19.0 Å². The number of amidine groups is 1. The molecule has 8 heteroatoms. The van der Waals surface area contributed by atoms with Gasteiger partial charge in [0.2, 0.25) is 0 Å². The van der Waals surface area contributed by atoms with Gasteiger partial charge in [0.25, 0.3) is 15.9 Å². The molecule has 1 aliphatic heterocycles. The van der Waals surface area contributed by atoms with Gasteiger partial charge < -0.3 is 10.1 Å². The molecule has 0 spiro atoms. The van der Waals surface area contributed by atoms with Crippen LogP contribution in [0.4, 0.5) is 5.69 Å². The van der Waals surface area contributed by atoms with Crippen molar-refractivity contribution in [3.05, 3.63) is 54.1 Å². The molecule has 0 fully saturated rings. The number of hydrogen-bond acceptors (Lipinski definition) is 5. The van der Waals surface area contributed by atoms with Crippen LogP contribution in [0.3, 0.4) is 0 Å². The second-order valence-electron chi connectivity index (χ2n) is 5.75. The third kappa shape index (κ3) is 4.20. The van der Waals surface area contributed by atoms with Crippen LogP contribution >= 0.6 is 0 Å². The van der Waals surface area contributed by atoms with Gasteiger partial charge in [0, 0.05) is 24.2 Å². The third-order valence-electron chi connectivity index (χ3n) is 3.88. The van der Waals surface area contributed by atoms with E-state index >= 15 is 0 Å². The molecular weight excluding hydrogens is 354 g/mol. The van der Waals surface area contributed by atoms with Crippen LogP contribution in [0.1, 0.15) is 23.2 Å². The molecule has 7 nitrogen and oxygen atoms in total. The lowest BCUT2D eigenvalue weighted by atomic mass is 10.2. The second kappa shape index (κ2) is 7.57. The van der Waals surface area contributed by atoms with E-state index in [1.807, 2.05) is 0 Å². The highest BCUT2D eigenvalue weighted by Crippen LogP contribution is 2.17. The summed E-state index contributed by atoms with van der Waals surface area (Å²) in [5, 5.41) is 2.73. The molecule has 0 aromatic heterocycles. The molecule has 1 amide bonds. The topological polar surface area (TPSA) is 96.9 Å². The smallest absolute Gasteiger partial charge is 0.262 e. The summed E-state index contributed by atoms with van der Waals surface area (Å²) in [6, 6.07) is 12.7. The molecule has 136 valence electrons. The number of methoxy groups -OCH3 is 1. The van der Waals surface area contributed by atoms with Crippen molar-refractivity contribution in [3.8, 4) is 5.75 Å². The molecule has 0 unspecified atom stereocenters. The highest BCUT2D eigenvalue weighted by molar-refractivity contribution is 7.90. The van der Waals surface area contributed by atoms with Crippen LogP contribution < -0.4 is 14.8 Å². The highest BCUT2D eigenvalue weighted by Gasteiger charge is 2.18. The number of anilines is 1. The Morgan fingerprint density at radius 3 is 2.58 bits per heavy atom. The van der Waals surface area contributed by atoms with Gasteiger partial charge in [-0.3, -0.25) is 14.5 Å². The van der Waals surface area contributed by atoms with Gasteiger partial charge in [-0.25, -0.2) is 8.42 Å². The van der Waals surface area contributed by atoms with E-state index in [4.69, 9.17) is 4.74 Å². The summed E-state index contributed by atoms with van der Waals surface area (Å²) in [5.41, 5.74) is 0.942. The second-order valence-corrected chi connectivity index (χ2v) is 7.43. The van der Waals surface area contributed by atoms with E-state index in [0.717, 1.165) is 6.42 Å². The van der Waals surface area contributed by atoms with Crippen LogP contribution in [-0.2, 0) is 10.0 Å². The van der Waals surface area contributed by atoms with Gasteiger partial charge in [-0.1, -0.05) is 6.07 Å². The first-order valence-electron chi connectivity index (χ1n) is 8.09. The van der Waals surface area contributed by atoms with Crippen LogP contribution in [0.15, 0.2) is 58.4 Å². The number of carbonyl (C=O) groups is 1. The van der Waals surface area contributed by atoms with Crippen LogP contribution in [0.5, 0.6) is 5.75 Å². The van der Waals surface area contributed by atoms with Gasteiger partial charge in [0.1, 0.15) is 11.6 Å². The van der Waals surface area contributed by atoms with Gasteiger partial charge >= 0.3 is 0 Å². The van der Waals surface area contributed by atoms with Crippen molar-refractivity contribution < 1.29 is 17.9 Å². The molecule has 0 radical (unpaired) electrons. The Morgan fingerprint density at radius 2 is 1.92 bits per heavy atom. The number of hydrogen-bond donors (Lipinski definition) is 2. The maximum Gasteiger partial charge on any atom is 0.262 e. The average molecular weight is 373 g/mol. The summed E-state index contributed by atoms with van der Waals surface area (Å²) >= 11 is 0. The van der Waals surface area contributed by atoms with Gasteiger partial charge in [0.15, 0.2) is 0 Å². The predicted octanol–water partition coefficient (Wildman–Crippen LogP) is 2.42. The molecule has 3 rings (SSSR count). The predicted molar refractivity (Wildman–Crippen MR) is 99.2 cm³/mol. The third-order valence-corrected chi connectivity index (χ3v) is 5.28. The van der Waals surface area contributed by atoms with Crippen molar-refractivity contribution >= 4 is 27.5 Å².